The van der Waals surface area contributed by atoms with E-state index in [9.17, 15) is 9.90 Å². The fourth-order valence-corrected chi connectivity index (χ4v) is 0.933. The van der Waals surface area contributed by atoms with Crippen molar-refractivity contribution in [2.75, 3.05) is 0 Å². The average molecular weight is 206 g/mol. The first-order chi connectivity index (χ1) is 7.16. The number of hydrogen-bond acceptors (Lipinski definition) is 2. The number of aliphatic hydroxyl groups excluding tert-OH is 1. The normalized spacial score (nSPS) is 14.0. The van der Waals surface area contributed by atoms with Gasteiger partial charge in [-0.3, -0.25) is 4.79 Å². The summed E-state index contributed by atoms with van der Waals surface area (Å²) in [6, 6.07) is 0. The molecule has 2 heteroatoms. The Balaban J connectivity index is 3.70. The fourth-order valence-electron chi connectivity index (χ4n) is 0.933. The van der Waals surface area contributed by atoms with E-state index in [1.165, 1.54) is 13.0 Å². The molecule has 0 fully saturated rings. The van der Waals surface area contributed by atoms with Crippen LogP contribution in [0.25, 0.3) is 0 Å². The van der Waals surface area contributed by atoms with Gasteiger partial charge < -0.3 is 5.11 Å². The highest BCUT2D eigenvalue weighted by molar-refractivity contribution is 5.87. The smallest absolute Gasteiger partial charge is 0.152 e. The number of ketones is 1. The van der Waals surface area contributed by atoms with Gasteiger partial charge >= 0.3 is 0 Å². The number of carbonyl (C=O) groups is 1. The highest BCUT2D eigenvalue weighted by Gasteiger charge is 1.96. The lowest BCUT2D eigenvalue weighted by atomic mass is 10.1. The van der Waals surface area contributed by atoms with Crippen molar-refractivity contribution in [1.82, 2.24) is 0 Å². The van der Waals surface area contributed by atoms with Crippen LogP contribution in [-0.4, -0.2) is 17.0 Å². The van der Waals surface area contributed by atoms with E-state index >= 15 is 0 Å². The Labute approximate surface area is 91.3 Å². The van der Waals surface area contributed by atoms with Gasteiger partial charge in [-0.2, -0.15) is 0 Å². The van der Waals surface area contributed by atoms with Gasteiger partial charge in [-0.15, -0.1) is 0 Å². The van der Waals surface area contributed by atoms with E-state index < -0.39 is 0 Å². The maximum Gasteiger partial charge on any atom is 0.152 e. The van der Waals surface area contributed by atoms with Crippen LogP contribution in [-0.2, 0) is 4.79 Å². The molecule has 1 N–H and O–H groups in total. The Morgan fingerprint density at radius 1 is 1.27 bits per heavy atom. The van der Waals surface area contributed by atoms with Gasteiger partial charge in [0.1, 0.15) is 0 Å². The molecule has 82 valence electrons. The minimum atomic E-state index is -0.372. The summed E-state index contributed by atoms with van der Waals surface area (Å²) in [5.41, 5.74) is 0. The number of hydrogen-bond donors (Lipinski definition) is 1. The summed E-state index contributed by atoms with van der Waals surface area (Å²) in [6.45, 7) is 5.04. The van der Waals surface area contributed by atoms with Gasteiger partial charge in [0.2, 0.25) is 0 Å². The lowest BCUT2D eigenvalue weighted by Crippen LogP contribution is -2.02. The minimum absolute atomic E-state index is 0.0223. The summed E-state index contributed by atoms with van der Waals surface area (Å²) in [5.74, 6) is 0.0223. The van der Waals surface area contributed by atoms with Crippen LogP contribution in [0.3, 0.4) is 0 Å². The van der Waals surface area contributed by atoms with E-state index in [0.29, 0.717) is 12.8 Å². The molecular weight excluding hydrogens is 188 g/mol. The number of carbonyl (C=O) groups excluding carboxylic acids is 1. The fraction of sp³-hybridized carbons (Fsp3) is 0.308. The Hall–Kier alpha value is -1.41. The van der Waals surface area contributed by atoms with Gasteiger partial charge in [-0.05, 0) is 25.8 Å². The Morgan fingerprint density at radius 2 is 1.87 bits per heavy atom. The third-order valence-corrected chi connectivity index (χ3v) is 1.67. The van der Waals surface area contributed by atoms with E-state index in [4.69, 9.17) is 0 Å². The Bertz CT molecular complexity index is 272. The van der Waals surface area contributed by atoms with E-state index in [1.54, 1.807) is 18.2 Å². The highest BCUT2D eigenvalue weighted by atomic mass is 16.3. The van der Waals surface area contributed by atoms with E-state index in [2.05, 4.69) is 6.58 Å². The summed E-state index contributed by atoms with van der Waals surface area (Å²) in [5, 5.41) is 9.46. The van der Waals surface area contributed by atoms with Gasteiger partial charge in [-0.1, -0.05) is 43.0 Å². The van der Waals surface area contributed by atoms with Crippen molar-refractivity contribution in [3.05, 3.63) is 49.1 Å². The van der Waals surface area contributed by atoms with Crippen molar-refractivity contribution in [3.8, 4) is 0 Å². The lowest BCUT2D eigenvalue weighted by molar-refractivity contribution is -0.112. The van der Waals surface area contributed by atoms with E-state index in [0.717, 1.165) is 0 Å². The minimum Gasteiger partial charge on any atom is -0.392 e. The SMILES string of the molecule is C=C/C=C/C[C@@H](O)C/C=C/C=C/C(C)=O. The summed E-state index contributed by atoms with van der Waals surface area (Å²) < 4.78 is 0. The third kappa shape index (κ3) is 10.5. The van der Waals surface area contributed by atoms with Gasteiger partial charge in [0.25, 0.3) is 0 Å². The number of allylic oxidation sites excluding steroid dienone is 5. The molecule has 0 aliphatic rings. The van der Waals surface area contributed by atoms with Gasteiger partial charge in [-0.25, -0.2) is 0 Å². The molecular formula is C13H18O2. The molecule has 2 nitrogen and oxygen atoms in total. The molecule has 0 aliphatic heterocycles. The predicted octanol–water partition coefficient (Wildman–Crippen LogP) is 2.57. The molecule has 0 rings (SSSR count). The van der Waals surface area contributed by atoms with Crippen LogP contribution < -0.4 is 0 Å². The second kappa shape index (κ2) is 9.16. The second-order valence-electron chi connectivity index (χ2n) is 3.19. The molecule has 0 unspecified atom stereocenters. The first-order valence-corrected chi connectivity index (χ1v) is 4.96. The summed E-state index contributed by atoms with van der Waals surface area (Å²) in [7, 11) is 0. The zero-order valence-electron chi connectivity index (χ0n) is 9.10. The third-order valence-electron chi connectivity index (χ3n) is 1.67. The zero-order chi connectivity index (χ0) is 11.5. The van der Waals surface area contributed by atoms with Crippen LogP contribution in [0.2, 0.25) is 0 Å². The molecule has 0 amide bonds. The van der Waals surface area contributed by atoms with Crippen LogP contribution in [0.1, 0.15) is 19.8 Å². The molecule has 0 spiro atoms. The molecule has 0 aromatic heterocycles. The van der Waals surface area contributed by atoms with Crippen LogP contribution >= 0.6 is 0 Å². The summed E-state index contributed by atoms with van der Waals surface area (Å²) in [4.78, 5) is 10.5. The average Bonchev–Trinajstić information content (AvgIpc) is 2.17. The Kier molecular flexibility index (Phi) is 8.30. The monoisotopic (exact) mass is 206 g/mol. The van der Waals surface area contributed by atoms with Crippen LogP contribution in [0.15, 0.2) is 49.1 Å². The standard InChI is InChI=1S/C13H18O2/c1-3-4-6-10-13(15)11-8-5-7-9-12(2)14/h3-9,13,15H,1,10-11H2,2H3/b6-4+,8-5+,9-7+/t13-/m1/s1. The van der Waals surface area contributed by atoms with Crippen molar-refractivity contribution >= 4 is 5.78 Å². The lowest BCUT2D eigenvalue weighted by Gasteiger charge is -2.02. The molecule has 0 aliphatic carbocycles. The quantitative estimate of drug-likeness (QED) is 0.513. The zero-order valence-corrected chi connectivity index (χ0v) is 9.10. The molecule has 0 saturated carbocycles. The maximum atomic E-state index is 10.5. The molecule has 1 atom stereocenters. The van der Waals surface area contributed by atoms with Crippen LogP contribution in [0.5, 0.6) is 0 Å². The molecule has 0 saturated heterocycles. The largest absolute Gasteiger partial charge is 0.392 e. The predicted molar refractivity (Wildman–Crippen MR) is 63.5 cm³/mol. The van der Waals surface area contributed by atoms with Crippen molar-refractivity contribution in [2.45, 2.75) is 25.9 Å². The van der Waals surface area contributed by atoms with Crippen molar-refractivity contribution < 1.29 is 9.90 Å². The van der Waals surface area contributed by atoms with Crippen molar-refractivity contribution in [3.63, 3.8) is 0 Å². The van der Waals surface area contributed by atoms with Crippen LogP contribution in [0.4, 0.5) is 0 Å². The summed E-state index contributed by atoms with van der Waals surface area (Å²) >= 11 is 0. The van der Waals surface area contributed by atoms with Gasteiger partial charge in [0, 0.05) is 0 Å². The molecule has 0 bridgehead atoms. The molecule has 0 aromatic rings. The molecule has 0 aromatic carbocycles. The maximum absolute atomic E-state index is 10.5. The summed E-state index contributed by atoms with van der Waals surface area (Å²) in [6.07, 6.45) is 13.0. The van der Waals surface area contributed by atoms with Gasteiger partial charge in [0.15, 0.2) is 5.78 Å². The van der Waals surface area contributed by atoms with Gasteiger partial charge in [0.05, 0.1) is 6.10 Å². The number of aliphatic hydroxyl groups is 1. The molecule has 0 radical (unpaired) electrons. The van der Waals surface area contributed by atoms with Crippen molar-refractivity contribution in [1.29, 1.82) is 0 Å². The first kappa shape index (κ1) is 13.6. The highest BCUT2D eigenvalue weighted by Crippen LogP contribution is 2.00. The molecule has 15 heavy (non-hydrogen) atoms. The van der Waals surface area contributed by atoms with Crippen molar-refractivity contribution in [2.24, 2.45) is 0 Å². The Morgan fingerprint density at radius 3 is 2.40 bits per heavy atom. The second-order valence-corrected chi connectivity index (χ2v) is 3.19. The van der Waals surface area contributed by atoms with Crippen LogP contribution in [0, 0.1) is 0 Å². The topological polar surface area (TPSA) is 37.3 Å². The first-order valence-electron chi connectivity index (χ1n) is 4.96. The van der Waals surface area contributed by atoms with E-state index in [-0.39, 0.29) is 11.9 Å². The van der Waals surface area contributed by atoms with E-state index in [1.807, 2.05) is 18.2 Å². The number of rotatable bonds is 7. The molecule has 0 heterocycles.